The van der Waals surface area contributed by atoms with Gasteiger partial charge in [0, 0.05) is 31.4 Å². The van der Waals surface area contributed by atoms with E-state index >= 15 is 0 Å². The molecule has 1 unspecified atom stereocenters. The van der Waals surface area contributed by atoms with Gasteiger partial charge in [0.05, 0.1) is 5.56 Å². The van der Waals surface area contributed by atoms with Gasteiger partial charge in [-0.05, 0) is 24.1 Å². The molecule has 2 aliphatic heterocycles. The molecule has 0 saturated carbocycles. The van der Waals surface area contributed by atoms with Crippen molar-refractivity contribution in [2.24, 2.45) is 0 Å². The fraction of sp³-hybridized carbons (Fsp3) is 0.500. The van der Waals surface area contributed by atoms with Crippen molar-refractivity contribution in [1.29, 1.82) is 0 Å². The zero-order valence-electron chi connectivity index (χ0n) is 9.22. The molecule has 2 heterocycles. The highest BCUT2D eigenvalue weighted by atomic mass is 19.4. The minimum Gasteiger partial charge on any atom is -0.365 e. The third-order valence-corrected chi connectivity index (χ3v) is 3.53. The quantitative estimate of drug-likeness (QED) is 0.749. The van der Waals surface area contributed by atoms with Crippen LogP contribution in [0.5, 0.6) is 0 Å². The van der Waals surface area contributed by atoms with Gasteiger partial charge in [-0.15, -0.1) is 0 Å². The number of benzene rings is 1. The van der Waals surface area contributed by atoms with Crippen LogP contribution in [0.4, 0.5) is 18.9 Å². The summed E-state index contributed by atoms with van der Waals surface area (Å²) >= 11 is 0. The maximum Gasteiger partial charge on any atom is 0.416 e. The second-order valence-corrected chi connectivity index (χ2v) is 4.60. The van der Waals surface area contributed by atoms with Crippen LogP contribution in [0.15, 0.2) is 18.2 Å². The number of halogens is 3. The summed E-state index contributed by atoms with van der Waals surface area (Å²) in [4.78, 5) is 2.10. The highest BCUT2D eigenvalue weighted by Gasteiger charge is 2.35. The molecule has 3 rings (SSSR count). The molecule has 1 fully saturated rings. The van der Waals surface area contributed by atoms with Crippen LogP contribution in [0.2, 0.25) is 0 Å². The molecule has 1 N–H and O–H groups in total. The van der Waals surface area contributed by atoms with Crippen LogP contribution in [0, 0.1) is 0 Å². The van der Waals surface area contributed by atoms with Crippen molar-refractivity contribution in [3.8, 4) is 0 Å². The lowest BCUT2D eigenvalue weighted by Crippen LogP contribution is -2.49. The van der Waals surface area contributed by atoms with Gasteiger partial charge in [-0.2, -0.15) is 13.2 Å². The van der Waals surface area contributed by atoms with Crippen molar-refractivity contribution >= 4 is 5.69 Å². The molecule has 0 bridgehead atoms. The van der Waals surface area contributed by atoms with Crippen molar-refractivity contribution in [2.75, 3.05) is 24.5 Å². The average molecular weight is 242 g/mol. The van der Waals surface area contributed by atoms with Crippen LogP contribution >= 0.6 is 0 Å². The SMILES string of the molecule is FC(F)(F)c1ccc2c(c1)N1CCNCC1C2. The Morgan fingerprint density at radius 2 is 2.12 bits per heavy atom. The molecular formula is C12H13F3N2. The lowest BCUT2D eigenvalue weighted by atomic mass is 10.1. The topological polar surface area (TPSA) is 15.3 Å². The van der Waals surface area contributed by atoms with Gasteiger partial charge in [0.1, 0.15) is 0 Å². The number of alkyl halides is 3. The molecule has 1 atom stereocenters. The van der Waals surface area contributed by atoms with Crippen LogP contribution in [-0.4, -0.2) is 25.7 Å². The van der Waals surface area contributed by atoms with E-state index in [2.05, 4.69) is 10.2 Å². The maximum atomic E-state index is 12.6. The summed E-state index contributed by atoms with van der Waals surface area (Å²) in [5, 5.41) is 3.27. The van der Waals surface area contributed by atoms with Crippen molar-refractivity contribution in [3.63, 3.8) is 0 Å². The van der Waals surface area contributed by atoms with Gasteiger partial charge < -0.3 is 10.2 Å². The second kappa shape index (κ2) is 3.63. The zero-order valence-corrected chi connectivity index (χ0v) is 9.22. The smallest absolute Gasteiger partial charge is 0.365 e. The molecule has 0 aromatic heterocycles. The second-order valence-electron chi connectivity index (χ2n) is 4.60. The number of hydrogen-bond donors (Lipinski definition) is 1. The van der Waals surface area contributed by atoms with Crippen molar-refractivity contribution in [1.82, 2.24) is 5.32 Å². The van der Waals surface area contributed by atoms with Crippen molar-refractivity contribution in [2.45, 2.75) is 18.6 Å². The van der Waals surface area contributed by atoms with Gasteiger partial charge >= 0.3 is 6.18 Å². The number of anilines is 1. The molecule has 5 heteroatoms. The van der Waals surface area contributed by atoms with E-state index in [1.807, 2.05) is 0 Å². The summed E-state index contributed by atoms with van der Waals surface area (Å²) in [7, 11) is 0. The molecule has 2 nitrogen and oxygen atoms in total. The van der Waals surface area contributed by atoms with Gasteiger partial charge in [-0.25, -0.2) is 0 Å². The Hall–Kier alpha value is -1.23. The number of piperazine rings is 1. The highest BCUT2D eigenvalue weighted by molar-refractivity contribution is 5.61. The maximum absolute atomic E-state index is 12.6. The molecule has 1 aromatic carbocycles. The number of nitrogens with one attached hydrogen (secondary N) is 1. The van der Waals surface area contributed by atoms with Crippen LogP contribution < -0.4 is 10.2 Å². The lowest BCUT2D eigenvalue weighted by molar-refractivity contribution is -0.137. The van der Waals surface area contributed by atoms with E-state index in [4.69, 9.17) is 0 Å². The average Bonchev–Trinajstić information content (AvgIpc) is 2.65. The number of fused-ring (bicyclic) bond motifs is 3. The molecule has 1 saturated heterocycles. The summed E-state index contributed by atoms with van der Waals surface area (Å²) < 4.78 is 37.9. The van der Waals surface area contributed by atoms with E-state index < -0.39 is 11.7 Å². The minimum absolute atomic E-state index is 0.322. The molecule has 0 radical (unpaired) electrons. The van der Waals surface area contributed by atoms with Gasteiger partial charge in [0.2, 0.25) is 0 Å². The largest absolute Gasteiger partial charge is 0.416 e. The molecule has 2 aliphatic rings. The molecule has 0 amide bonds. The normalized spacial score (nSPS) is 23.5. The van der Waals surface area contributed by atoms with E-state index in [-0.39, 0.29) is 0 Å². The fourth-order valence-electron chi connectivity index (χ4n) is 2.69. The van der Waals surface area contributed by atoms with E-state index in [9.17, 15) is 13.2 Å². The van der Waals surface area contributed by atoms with E-state index in [1.165, 1.54) is 12.1 Å². The van der Waals surface area contributed by atoms with Gasteiger partial charge in [0.25, 0.3) is 0 Å². The summed E-state index contributed by atoms with van der Waals surface area (Å²) in [6.45, 7) is 2.49. The summed E-state index contributed by atoms with van der Waals surface area (Å²) in [6, 6.07) is 4.42. The Balaban J connectivity index is 1.99. The summed E-state index contributed by atoms with van der Waals surface area (Å²) in [5.41, 5.74) is 1.26. The van der Waals surface area contributed by atoms with Crippen LogP contribution in [0.25, 0.3) is 0 Å². The van der Waals surface area contributed by atoms with E-state index in [0.29, 0.717) is 6.04 Å². The van der Waals surface area contributed by atoms with Gasteiger partial charge in [0.15, 0.2) is 0 Å². The van der Waals surface area contributed by atoms with Gasteiger partial charge in [-0.1, -0.05) is 6.07 Å². The standard InChI is InChI=1S/C12H13F3N2/c13-12(14,15)9-2-1-8-5-10-7-16-3-4-17(10)11(8)6-9/h1-2,6,10,16H,3-5,7H2. The predicted molar refractivity (Wildman–Crippen MR) is 59.2 cm³/mol. The van der Waals surface area contributed by atoms with E-state index in [1.54, 1.807) is 6.07 Å². The van der Waals surface area contributed by atoms with Gasteiger partial charge in [-0.3, -0.25) is 0 Å². The number of nitrogens with zero attached hydrogens (tertiary/aromatic N) is 1. The molecular weight excluding hydrogens is 229 g/mol. The molecule has 0 aliphatic carbocycles. The first-order chi connectivity index (χ1) is 8.05. The molecule has 0 spiro atoms. The first kappa shape index (κ1) is 10.9. The molecule has 92 valence electrons. The van der Waals surface area contributed by atoms with Crippen molar-refractivity contribution < 1.29 is 13.2 Å². The van der Waals surface area contributed by atoms with Crippen molar-refractivity contribution in [3.05, 3.63) is 29.3 Å². The van der Waals surface area contributed by atoms with Crippen LogP contribution in [-0.2, 0) is 12.6 Å². The third kappa shape index (κ3) is 1.78. The van der Waals surface area contributed by atoms with E-state index in [0.717, 1.165) is 37.3 Å². The minimum atomic E-state index is -4.25. The fourth-order valence-corrected chi connectivity index (χ4v) is 2.69. The number of rotatable bonds is 0. The Bertz CT molecular complexity index is 442. The Morgan fingerprint density at radius 3 is 2.88 bits per heavy atom. The molecule has 17 heavy (non-hydrogen) atoms. The van der Waals surface area contributed by atoms with Crippen LogP contribution in [0.1, 0.15) is 11.1 Å². The monoisotopic (exact) mass is 242 g/mol. The molecule has 1 aromatic rings. The first-order valence-electron chi connectivity index (χ1n) is 5.73. The highest BCUT2D eigenvalue weighted by Crippen LogP contribution is 2.38. The van der Waals surface area contributed by atoms with Crippen LogP contribution in [0.3, 0.4) is 0 Å². The Labute approximate surface area is 97.4 Å². The third-order valence-electron chi connectivity index (χ3n) is 3.53. The first-order valence-corrected chi connectivity index (χ1v) is 5.73. The lowest BCUT2D eigenvalue weighted by Gasteiger charge is -2.32. The Morgan fingerprint density at radius 1 is 1.29 bits per heavy atom. The Kier molecular flexibility index (Phi) is 2.33. The number of hydrogen-bond acceptors (Lipinski definition) is 2. The predicted octanol–water partition coefficient (Wildman–Crippen LogP) is 2.04. The zero-order chi connectivity index (χ0) is 12.0. The summed E-state index contributed by atoms with van der Waals surface area (Å²) in [5.74, 6) is 0. The summed E-state index contributed by atoms with van der Waals surface area (Å²) in [6.07, 6.45) is -3.40.